The van der Waals surface area contributed by atoms with Gasteiger partial charge in [-0.2, -0.15) is 0 Å². The number of hydrogen-bond donors (Lipinski definition) is 1. The summed E-state index contributed by atoms with van der Waals surface area (Å²) in [7, 11) is 3.60. The molecular formula is C34H53FN8O3. The fourth-order valence-electron chi connectivity index (χ4n) is 6.95. The van der Waals surface area contributed by atoms with Gasteiger partial charge in [-0.25, -0.2) is 9.37 Å². The molecule has 4 rings (SSSR count). The lowest BCUT2D eigenvalue weighted by Crippen LogP contribution is -2.62. The van der Waals surface area contributed by atoms with E-state index in [0.717, 1.165) is 52.0 Å². The Morgan fingerprint density at radius 1 is 1.13 bits per heavy atom. The Hall–Kier alpha value is -3.38. The zero-order chi connectivity index (χ0) is 33.6. The number of nitrogens with one attached hydrogen (secondary N) is 1. The minimum atomic E-state index is -0.508. The number of nitrogens with zero attached hydrogens (tertiary/aromatic N) is 7. The second kappa shape index (κ2) is 15.5. The number of aromatic nitrogens is 3. The lowest BCUT2D eigenvalue weighted by atomic mass is 9.76. The van der Waals surface area contributed by atoms with Crippen molar-refractivity contribution in [3.63, 3.8) is 0 Å². The van der Waals surface area contributed by atoms with Crippen molar-refractivity contribution in [2.24, 2.45) is 17.3 Å². The number of carbonyl (C=O) groups excluding carboxylic acids is 2. The molecule has 2 fully saturated rings. The van der Waals surface area contributed by atoms with Crippen molar-refractivity contribution in [1.82, 2.24) is 35.2 Å². The number of carbonyl (C=O) groups is 2. The van der Waals surface area contributed by atoms with Gasteiger partial charge in [-0.3, -0.25) is 14.5 Å². The Labute approximate surface area is 273 Å². The standard InChI is InChI=1S/C34H53FN8O3/c1-9-43(24(4)5)33(45)27-17-26(35)12-13-29(27)46-31-30(37-22-38-39-31)41-16-14-34(19-41)20-42(21-34)28(23(2)3)11-10-15-36-18-25(6)32(44)40(7)8/h12-13,17,22-25,28,36H,9-11,14-16,18-21H2,1-8H3. The van der Waals surface area contributed by atoms with Crippen LogP contribution in [0.2, 0.25) is 0 Å². The number of likely N-dealkylation sites (tertiary alicyclic amines) is 1. The van der Waals surface area contributed by atoms with Crippen molar-refractivity contribution < 1.29 is 18.7 Å². The molecule has 254 valence electrons. The van der Waals surface area contributed by atoms with Gasteiger partial charge in [0.05, 0.1) is 5.56 Å². The van der Waals surface area contributed by atoms with Crippen LogP contribution >= 0.6 is 0 Å². The molecule has 2 saturated heterocycles. The molecule has 0 bridgehead atoms. The Morgan fingerprint density at radius 2 is 1.87 bits per heavy atom. The molecule has 0 saturated carbocycles. The summed E-state index contributed by atoms with van der Waals surface area (Å²) in [6.45, 7) is 18.1. The molecule has 2 aromatic rings. The lowest BCUT2D eigenvalue weighted by molar-refractivity contribution is -0.132. The van der Waals surface area contributed by atoms with Crippen molar-refractivity contribution in [3.8, 4) is 11.6 Å². The maximum atomic E-state index is 14.3. The summed E-state index contributed by atoms with van der Waals surface area (Å²) in [5.74, 6) is 0.879. The molecule has 2 aliphatic heterocycles. The molecule has 1 spiro atoms. The number of ether oxygens (including phenoxy) is 1. The average Bonchev–Trinajstić information content (AvgIpc) is 3.44. The van der Waals surface area contributed by atoms with E-state index in [1.807, 2.05) is 27.7 Å². The first-order valence-corrected chi connectivity index (χ1v) is 16.7. The molecule has 1 aromatic carbocycles. The van der Waals surface area contributed by atoms with Crippen LogP contribution in [0.5, 0.6) is 11.6 Å². The van der Waals surface area contributed by atoms with E-state index in [0.29, 0.717) is 30.9 Å². The minimum Gasteiger partial charge on any atom is -0.434 e. The highest BCUT2D eigenvalue weighted by molar-refractivity contribution is 5.97. The number of amides is 2. The highest BCUT2D eigenvalue weighted by atomic mass is 19.1. The van der Waals surface area contributed by atoms with Crippen molar-refractivity contribution in [1.29, 1.82) is 0 Å². The molecule has 2 amide bonds. The zero-order valence-corrected chi connectivity index (χ0v) is 28.9. The maximum Gasteiger partial charge on any atom is 0.282 e. The summed E-state index contributed by atoms with van der Waals surface area (Å²) in [6.07, 6.45) is 4.63. The fourth-order valence-corrected chi connectivity index (χ4v) is 6.95. The summed E-state index contributed by atoms with van der Waals surface area (Å²) in [6, 6.07) is 4.42. The number of hydrogen-bond acceptors (Lipinski definition) is 9. The van der Waals surface area contributed by atoms with E-state index in [4.69, 9.17) is 4.74 Å². The third-order valence-corrected chi connectivity index (χ3v) is 9.39. The van der Waals surface area contributed by atoms with Gasteiger partial charge in [-0.1, -0.05) is 20.8 Å². The first kappa shape index (κ1) is 35.5. The molecule has 2 aliphatic rings. The highest BCUT2D eigenvalue weighted by Gasteiger charge is 2.50. The first-order chi connectivity index (χ1) is 21.9. The predicted molar refractivity (Wildman–Crippen MR) is 178 cm³/mol. The van der Waals surface area contributed by atoms with E-state index in [2.05, 4.69) is 44.1 Å². The number of rotatable bonds is 15. The Bertz CT molecular complexity index is 1330. The Balaban J connectivity index is 1.36. The quantitative estimate of drug-likeness (QED) is 0.285. The van der Waals surface area contributed by atoms with Crippen LogP contribution in [0.4, 0.5) is 10.2 Å². The molecule has 0 radical (unpaired) electrons. The van der Waals surface area contributed by atoms with Crippen LogP contribution in [0.15, 0.2) is 24.5 Å². The first-order valence-electron chi connectivity index (χ1n) is 16.7. The van der Waals surface area contributed by atoms with Crippen molar-refractivity contribution >= 4 is 17.6 Å². The Kier molecular flexibility index (Phi) is 11.9. The van der Waals surface area contributed by atoms with Gasteiger partial charge >= 0.3 is 0 Å². The van der Waals surface area contributed by atoms with E-state index < -0.39 is 5.82 Å². The summed E-state index contributed by atoms with van der Waals surface area (Å²) in [4.78, 5) is 38.1. The van der Waals surface area contributed by atoms with Gasteiger partial charge in [0, 0.05) is 76.8 Å². The number of halogens is 1. The van der Waals surface area contributed by atoms with Crippen LogP contribution in [0, 0.1) is 23.1 Å². The van der Waals surface area contributed by atoms with Gasteiger partial charge in [0.15, 0.2) is 5.82 Å². The predicted octanol–water partition coefficient (Wildman–Crippen LogP) is 4.30. The molecule has 2 unspecified atom stereocenters. The van der Waals surface area contributed by atoms with Gasteiger partial charge in [0.2, 0.25) is 5.91 Å². The number of anilines is 1. The smallest absolute Gasteiger partial charge is 0.282 e. The average molecular weight is 641 g/mol. The molecule has 11 nitrogen and oxygen atoms in total. The van der Waals surface area contributed by atoms with Crippen molar-refractivity contribution in [3.05, 3.63) is 35.9 Å². The second-order valence-corrected chi connectivity index (χ2v) is 13.9. The van der Waals surface area contributed by atoms with Crippen molar-refractivity contribution in [2.75, 3.05) is 64.8 Å². The molecule has 2 atom stereocenters. The largest absolute Gasteiger partial charge is 0.434 e. The van der Waals surface area contributed by atoms with Crippen LogP contribution < -0.4 is 15.0 Å². The third-order valence-electron chi connectivity index (χ3n) is 9.39. The van der Waals surface area contributed by atoms with Gasteiger partial charge in [-0.15, -0.1) is 10.2 Å². The van der Waals surface area contributed by atoms with Crippen LogP contribution in [-0.2, 0) is 4.79 Å². The summed E-state index contributed by atoms with van der Waals surface area (Å²) >= 11 is 0. The van der Waals surface area contributed by atoms with E-state index in [1.165, 1.54) is 24.5 Å². The van der Waals surface area contributed by atoms with Gasteiger partial charge in [0.25, 0.3) is 11.8 Å². The summed E-state index contributed by atoms with van der Waals surface area (Å²) < 4.78 is 20.5. The van der Waals surface area contributed by atoms with Gasteiger partial charge in [-0.05, 0) is 70.7 Å². The highest BCUT2D eigenvalue weighted by Crippen LogP contribution is 2.44. The third kappa shape index (κ3) is 8.31. The van der Waals surface area contributed by atoms with E-state index in [-0.39, 0.29) is 46.4 Å². The zero-order valence-electron chi connectivity index (χ0n) is 28.9. The van der Waals surface area contributed by atoms with Crippen LogP contribution in [-0.4, -0.2) is 114 Å². The topological polar surface area (TPSA) is 107 Å². The fraction of sp³-hybridized carbons (Fsp3) is 0.676. The Morgan fingerprint density at radius 3 is 2.52 bits per heavy atom. The molecule has 46 heavy (non-hydrogen) atoms. The summed E-state index contributed by atoms with van der Waals surface area (Å²) in [5, 5.41) is 11.7. The van der Waals surface area contributed by atoms with Crippen LogP contribution in [0.25, 0.3) is 0 Å². The molecule has 3 heterocycles. The maximum absolute atomic E-state index is 14.3. The monoisotopic (exact) mass is 640 g/mol. The SMILES string of the molecule is CCN(C(=O)c1cc(F)ccc1Oc1nncnc1N1CCC2(C1)CN(C(CCCNCC(C)C(=O)N(C)C)C(C)C)C2)C(C)C. The number of benzene rings is 1. The molecule has 1 N–H and O–H groups in total. The molecular weight excluding hydrogens is 587 g/mol. The van der Waals surface area contributed by atoms with E-state index in [1.54, 1.807) is 23.9 Å². The second-order valence-electron chi connectivity index (χ2n) is 13.9. The summed E-state index contributed by atoms with van der Waals surface area (Å²) in [5.41, 5.74) is 0.317. The van der Waals surface area contributed by atoms with Crippen LogP contribution in [0.1, 0.15) is 71.2 Å². The van der Waals surface area contributed by atoms with E-state index in [9.17, 15) is 14.0 Å². The lowest BCUT2D eigenvalue weighted by Gasteiger charge is -2.53. The molecule has 0 aliphatic carbocycles. The van der Waals surface area contributed by atoms with Gasteiger partial charge in [0.1, 0.15) is 17.9 Å². The van der Waals surface area contributed by atoms with E-state index >= 15 is 0 Å². The molecule has 1 aromatic heterocycles. The molecule has 12 heteroatoms. The van der Waals surface area contributed by atoms with Gasteiger partial charge < -0.3 is 24.8 Å². The normalized spacial score (nSPS) is 17.3. The van der Waals surface area contributed by atoms with Crippen molar-refractivity contribution in [2.45, 2.75) is 72.9 Å². The van der Waals surface area contributed by atoms with Crippen LogP contribution in [0.3, 0.4) is 0 Å². The minimum absolute atomic E-state index is 0.0241.